The SMILES string of the molecule is C[S+]([O-])c1cccc(C2=CC(=O)NC2=O)c1. The summed E-state index contributed by atoms with van der Waals surface area (Å²) in [7, 11) is 0. The molecule has 0 fully saturated rings. The molecule has 0 aromatic heterocycles. The van der Waals surface area contributed by atoms with Gasteiger partial charge in [0.25, 0.3) is 11.8 Å². The van der Waals surface area contributed by atoms with Gasteiger partial charge in [-0.05, 0) is 22.8 Å². The average molecular weight is 235 g/mol. The molecule has 1 atom stereocenters. The van der Waals surface area contributed by atoms with E-state index in [4.69, 9.17) is 0 Å². The lowest BCUT2D eigenvalue weighted by molar-refractivity contribution is -0.123. The predicted molar refractivity (Wildman–Crippen MR) is 59.9 cm³/mol. The first-order valence-corrected chi connectivity index (χ1v) is 6.14. The lowest BCUT2D eigenvalue weighted by atomic mass is 10.1. The molecule has 82 valence electrons. The Morgan fingerprint density at radius 3 is 2.62 bits per heavy atom. The number of benzene rings is 1. The molecule has 0 saturated heterocycles. The van der Waals surface area contributed by atoms with Crippen molar-refractivity contribution in [3.8, 4) is 0 Å². The van der Waals surface area contributed by atoms with Gasteiger partial charge in [-0.1, -0.05) is 12.1 Å². The van der Waals surface area contributed by atoms with Crippen LogP contribution >= 0.6 is 0 Å². The van der Waals surface area contributed by atoms with E-state index in [0.29, 0.717) is 16.0 Å². The van der Waals surface area contributed by atoms with Crippen molar-refractivity contribution in [2.24, 2.45) is 0 Å². The summed E-state index contributed by atoms with van der Waals surface area (Å²) in [6.45, 7) is 0. The Balaban J connectivity index is 2.41. The van der Waals surface area contributed by atoms with Crippen LogP contribution < -0.4 is 5.32 Å². The number of hydrogen-bond acceptors (Lipinski definition) is 3. The van der Waals surface area contributed by atoms with E-state index in [0.717, 1.165) is 0 Å². The van der Waals surface area contributed by atoms with E-state index >= 15 is 0 Å². The van der Waals surface area contributed by atoms with Gasteiger partial charge in [0, 0.05) is 12.1 Å². The molecule has 1 aliphatic heterocycles. The van der Waals surface area contributed by atoms with E-state index in [9.17, 15) is 14.1 Å². The summed E-state index contributed by atoms with van der Waals surface area (Å²) < 4.78 is 11.3. The van der Waals surface area contributed by atoms with Crippen LogP contribution in [0.4, 0.5) is 0 Å². The second-order valence-electron chi connectivity index (χ2n) is 3.36. The second-order valence-corrected chi connectivity index (χ2v) is 4.74. The molecular weight excluding hydrogens is 226 g/mol. The highest BCUT2D eigenvalue weighted by Crippen LogP contribution is 2.21. The van der Waals surface area contributed by atoms with Crippen LogP contribution in [0.15, 0.2) is 35.2 Å². The van der Waals surface area contributed by atoms with E-state index < -0.39 is 23.0 Å². The Kier molecular flexibility index (Phi) is 2.80. The molecule has 4 nitrogen and oxygen atoms in total. The van der Waals surface area contributed by atoms with Crippen molar-refractivity contribution in [1.82, 2.24) is 5.32 Å². The number of rotatable bonds is 2. The molecule has 1 aromatic carbocycles. The van der Waals surface area contributed by atoms with Crippen LogP contribution in [0, 0.1) is 0 Å². The second kappa shape index (κ2) is 4.11. The molecule has 2 amide bonds. The van der Waals surface area contributed by atoms with Gasteiger partial charge in [0.2, 0.25) is 0 Å². The van der Waals surface area contributed by atoms with E-state index in [-0.39, 0.29) is 0 Å². The summed E-state index contributed by atoms with van der Waals surface area (Å²) >= 11 is -1.10. The number of hydrogen-bond donors (Lipinski definition) is 1. The predicted octanol–water partition coefficient (Wildman–Crippen LogP) is 0.464. The molecule has 1 aromatic rings. The van der Waals surface area contributed by atoms with Crippen molar-refractivity contribution >= 4 is 28.6 Å². The Bertz CT molecular complexity index is 494. The van der Waals surface area contributed by atoms with Crippen LogP contribution in [0.1, 0.15) is 5.56 Å². The highest BCUT2D eigenvalue weighted by Gasteiger charge is 2.22. The molecule has 0 radical (unpaired) electrons. The first kappa shape index (κ1) is 10.9. The summed E-state index contributed by atoms with van der Waals surface area (Å²) in [4.78, 5) is 23.0. The van der Waals surface area contributed by atoms with Crippen LogP contribution in [-0.2, 0) is 20.8 Å². The minimum absolute atomic E-state index is 0.317. The average Bonchev–Trinajstić information content (AvgIpc) is 2.58. The zero-order valence-corrected chi connectivity index (χ0v) is 9.34. The number of imide groups is 1. The molecule has 16 heavy (non-hydrogen) atoms. The molecule has 1 N–H and O–H groups in total. The third-order valence-corrected chi connectivity index (χ3v) is 3.15. The molecule has 1 aliphatic rings. The molecule has 1 heterocycles. The molecule has 0 bridgehead atoms. The lowest BCUT2D eigenvalue weighted by Gasteiger charge is -2.06. The summed E-state index contributed by atoms with van der Waals surface area (Å²) in [5.74, 6) is -0.827. The maximum atomic E-state index is 11.4. The lowest BCUT2D eigenvalue weighted by Crippen LogP contribution is -2.21. The van der Waals surface area contributed by atoms with Crippen LogP contribution in [0.3, 0.4) is 0 Å². The highest BCUT2D eigenvalue weighted by molar-refractivity contribution is 7.90. The molecular formula is C11H9NO3S. The topological polar surface area (TPSA) is 69.2 Å². The van der Waals surface area contributed by atoms with Gasteiger partial charge < -0.3 is 4.55 Å². The van der Waals surface area contributed by atoms with Crippen molar-refractivity contribution in [3.63, 3.8) is 0 Å². The van der Waals surface area contributed by atoms with Crippen LogP contribution in [0.25, 0.3) is 5.57 Å². The molecule has 5 heteroatoms. The van der Waals surface area contributed by atoms with Gasteiger partial charge >= 0.3 is 0 Å². The van der Waals surface area contributed by atoms with Gasteiger partial charge in [0.15, 0.2) is 4.90 Å². The number of amides is 2. The number of nitrogens with one attached hydrogen (secondary N) is 1. The molecule has 0 aliphatic carbocycles. The highest BCUT2D eigenvalue weighted by atomic mass is 32.2. The number of carbonyl (C=O) groups excluding carboxylic acids is 2. The summed E-state index contributed by atoms with van der Waals surface area (Å²) in [5.41, 5.74) is 0.924. The summed E-state index contributed by atoms with van der Waals surface area (Å²) in [6.07, 6.45) is 2.81. The van der Waals surface area contributed by atoms with Crippen LogP contribution in [-0.4, -0.2) is 22.6 Å². The summed E-state index contributed by atoms with van der Waals surface area (Å²) in [6, 6.07) is 6.79. The van der Waals surface area contributed by atoms with Crippen molar-refractivity contribution in [2.45, 2.75) is 4.90 Å². The quantitative estimate of drug-likeness (QED) is 0.598. The normalized spacial score (nSPS) is 17.0. The van der Waals surface area contributed by atoms with Gasteiger partial charge in [-0.2, -0.15) is 0 Å². The van der Waals surface area contributed by atoms with Crippen molar-refractivity contribution < 1.29 is 14.1 Å². The molecule has 0 saturated carbocycles. The van der Waals surface area contributed by atoms with E-state index in [1.54, 1.807) is 30.5 Å². The first-order valence-electron chi connectivity index (χ1n) is 4.59. The monoisotopic (exact) mass is 235 g/mol. The zero-order chi connectivity index (χ0) is 11.7. The third kappa shape index (κ3) is 2.00. The Morgan fingerprint density at radius 2 is 2.06 bits per heavy atom. The Morgan fingerprint density at radius 1 is 1.31 bits per heavy atom. The zero-order valence-electron chi connectivity index (χ0n) is 8.52. The van der Waals surface area contributed by atoms with Crippen LogP contribution in [0.2, 0.25) is 0 Å². The smallest absolute Gasteiger partial charge is 0.258 e. The van der Waals surface area contributed by atoms with E-state index in [1.807, 2.05) is 0 Å². The van der Waals surface area contributed by atoms with Crippen molar-refractivity contribution in [2.75, 3.05) is 6.26 Å². The minimum Gasteiger partial charge on any atom is -0.612 e. The third-order valence-electron chi connectivity index (χ3n) is 2.23. The fourth-order valence-corrected chi connectivity index (χ4v) is 2.03. The van der Waals surface area contributed by atoms with Crippen molar-refractivity contribution in [3.05, 3.63) is 35.9 Å². The molecule has 2 rings (SSSR count). The molecule has 1 unspecified atom stereocenters. The van der Waals surface area contributed by atoms with Crippen LogP contribution in [0.5, 0.6) is 0 Å². The minimum atomic E-state index is -1.10. The largest absolute Gasteiger partial charge is 0.612 e. The van der Waals surface area contributed by atoms with Gasteiger partial charge in [0.05, 0.1) is 5.57 Å². The number of carbonyl (C=O) groups is 2. The van der Waals surface area contributed by atoms with Gasteiger partial charge in [0.1, 0.15) is 6.26 Å². The first-order chi connectivity index (χ1) is 7.58. The van der Waals surface area contributed by atoms with Gasteiger partial charge in [-0.3, -0.25) is 14.9 Å². The van der Waals surface area contributed by atoms with E-state index in [2.05, 4.69) is 5.32 Å². The summed E-state index contributed by atoms with van der Waals surface area (Å²) in [5, 5.41) is 2.17. The standard InChI is InChI=1S/C11H9NO3S/c1-16(15)8-4-2-3-7(5-8)9-6-10(13)12-11(9)14/h2-6H,1H3,(H,12,13,14). The maximum Gasteiger partial charge on any atom is 0.258 e. The Labute approximate surface area is 95.5 Å². The van der Waals surface area contributed by atoms with Gasteiger partial charge in [-0.25, -0.2) is 0 Å². The van der Waals surface area contributed by atoms with E-state index in [1.165, 1.54) is 6.08 Å². The molecule has 0 spiro atoms. The fraction of sp³-hybridized carbons (Fsp3) is 0.0909. The Hall–Kier alpha value is -1.59. The maximum absolute atomic E-state index is 11.4. The van der Waals surface area contributed by atoms with Crippen molar-refractivity contribution in [1.29, 1.82) is 0 Å². The van der Waals surface area contributed by atoms with Gasteiger partial charge in [-0.15, -0.1) is 0 Å². The fourth-order valence-electron chi connectivity index (χ4n) is 1.47.